The molecular formula is C23H35N5O3. The molecule has 0 radical (unpaired) electrons. The van der Waals surface area contributed by atoms with E-state index < -0.39 is 5.41 Å². The first-order chi connectivity index (χ1) is 15.0. The maximum atomic E-state index is 13.7. The van der Waals surface area contributed by atoms with Gasteiger partial charge in [-0.05, 0) is 44.4 Å². The summed E-state index contributed by atoms with van der Waals surface area (Å²) in [5.41, 5.74) is 0.542. The number of hydrogen-bond donors (Lipinski definition) is 1. The van der Waals surface area contributed by atoms with E-state index in [1.807, 2.05) is 18.1 Å². The maximum Gasteiger partial charge on any atom is 0.228 e. The van der Waals surface area contributed by atoms with E-state index in [2.05, 4.69) is 15.3 Å². The van der Waals surface area contributed by atoms with Gasteiger partial charge in [0, 0.05) is 63.5 Å². The number of piperidine rings is 1. The van der Waals surface area contributed by atoms with Crippen LogP contribution in [0.4, 0.5) is 0 Å². The molecule has 2 aliphatic heterocycles. The topological polar surface area (TPSA) is 79.7 Å². The predicted octanol–water partition coefficient (Wildman–Crippen LogP) is 1.17. The van der Waals surface area contributed by atoms with Gasteiger partial charge in [0.25, 0.3) is 0 Å². The summed E-state index contributed by atoms with van der Waals surface area (Å²) in [5, 5.41) is 7.41. The number of likely N-dealkylation sites (tertiary alicyclic amines) is 1. The fourth-order valence-corrected chi connectivity index (χ4v) is 5.98. The molecule has 0 aromatic carbocycles. The minimum atomic E-state index is -0.464. The highest BCUT2D eigenvalue weighted by Gasteiger charge is 2.54. The zero-order chi connectivity index (χ0) is 21.4. The van der Waals surface area contributed by atoms with Gasteiger partial charge >= 0.3 is 0 Å². The third-order valence-electron chi connectivity index (χ3n) is 7.95. The van der Waals surface area contributed by atoms with Gasteiger partial charge in [0.1, 0.15) is 0 Å². The molecule has 5 rings (SSSR count). The summed E-state index contributed by atoms with van der Waals surface area (Å²) in [7, 11) is 1.88. The third-order valence-corrected chi connectivity index (χ3v) is 7.95. The maximum absolute atomic E-state index is 13.7. The first-order valence-corrected chi connectivity index (χ1v) is 11.9. The number of nitrogens with zero attached hydrogens (tertiary/aromatic N) is 4. The van der Waals surface area contributed by atoms with Crippen molar-refractivity contribution in [2.24, 2.45) is 24.3 Å². The summed E-state index contributed by atoms with van der Waals surface area (Å²) < 4.78 is 7.30. The van der Waals surface area contributed by atoms with Gasteiger partial charge in [-0.25, -0.2) is 0 Å². The summed E-state index contributed by atoms with van der Waals surface area (Å²) in [6.45, 7) is 5.47. The normalized spacial score (nSPS) is 31.8. The Hall–Kier alpha value is -1.93. The highest BCUT2D eigenvalue weighted by atomic mass is 16.5. The highest BCUT2D eigenvalue weighted by Crippen LogP contribution is 2.48. The molecule has 8 heteroatoms. The van der Waals surface area contributed by atoms with Crippen molar-refractivity contribution in [2.45, 2.75) is 51.1 Å². The standard InChI is InChI=1S/C23H35N5O3/c1-26-15-17(14-25-26)13-24-22(30)23-6-4-20(27-8-10-31-11-9-27)12-19(23)5-7-28(16-23)21(29)18-2-3-18/h14-15,18-20H,2-13,16H2,1H3,(H,24,30)/t19-,20+,23-/m1/s1. The van der Waals surface area contributed by atoms with E-state index >= 15 is 0 Å². The van der Waals surface area contributed by atoms with E-state index in [0.717, 1.165) is 76.9 Å². The number of amides is 2. The van der Waals surface area contributed by atoms with E-state index in [9.17, 15) is 9.59 Å². The molecule has 2 saturated heterocycles. The van der Waals surface area contributed by atoms with Crippen molar-refractivity contribution in [1.82, 2.24) is 24.9 Å². The Balaban J connectivity index is 1.32. The summed E-state index contributed by atoms with van der Waals surface area (Å²) in [4.78, 5) is 31.1. The Kier molecular flexibility index (Phi) is 5.77. The molecule has 4 fully saturated rings. The number of morpholine rings is 1. The summed E-state index contributed by atoms with van der Waals surface area (Å²) in [6, 6.07) is 0.527. The number of carbonyl (C=O) groups is 2. The fourth-order valence-electron chi connectivity index (χ4n) is 5.98. The molecule has 3 atom stereocenters. The summed E-state index contributed by atoms with van der Waals surface area (Å²) in [6.07, 6.45) is 9.61. The van der Waals surface area contributed by atoms with Gasteiger partial charge in [-0.1, -0.05) is 0 Å². The summed E-state index contributed by atoms with van der Waals surface area (Å²) in [5.74, 6) is 0.922. The lowest BCUT2D eigenvalue weighted by molar-refractivity contribution is -0.152. The van der Waals surface area contributed by atoms with Crippen molar-refractivity contribution in [3.05, 3.63) is 18.0 Å². The number of fused-ring (bicyclic) bond motifs is 1. The van der Waals surface area contributed by atoms with Gasteiger partial charge < -0.3 is 15.0 Å². The second kappa shape index (κ2) is 8.54. The number of rotatable bonds is 5. The minimum Gasteiger partial charge on any atom is -0.379 e. The molecule has 2 saturated carbocycles. The molecule has 0 bridgehead atoms. The molecule has 4 aliphatic rings. The van der Waals surface area contributed by atoms with Crippen LogP contribution in [0.2, 0.25) is 0 Å². The van der Waals surface area contributed by atoms with E-state index in [-0.39, 0.29) is 17.7 Å². The quantitative estimate of drug-likeness (QED) is 0.760. The number of aryl methyl sites for hydroxylation is 1. The van der Waals surface area contributed by atoms with E-state index in [0.29, 0.717) is 25.0 Å². The van der Waals surface area contributed by atoms with Crippen LogP contribution in [-0.2, 0) is 27.9 Å². The van der Waals surface area contributed by atoms with Crippen molar-refractivity contribution < 1.29 is 14.3 Å². The number of aromatic nitrogens is 2. The molecule has 3 heterocycles. The molecule has 31 heavy (non-hydrogen) atoms. The predicted molar refractivity (Wildman–Crippen MR) is 115 cm³/mol. The summed E-state index contributed by atoms with van der Waals surface area (Å²) >= 11 is 0. The average Bonchev–Trinajstić information content (AvgIpc) is 3.58. The molecule has 0 unspecified atom stereocenters. The van der Waals surface area contributed by atoms with E-state index in [1.54, 1.807) is 10.9 Å². The molecule has 0 spiro atoms. The molecule has 1 N–H and O–H groups in total. The molecular weight excluding hydrogens is 394 g/mol. The van der Waals surface area contributed by atoms with Gasteiger partial charge in [0.2, 0.25) is 11.8 Å². The lowest BCUT2D eigenvalue weighted by atomic mass is 9.60. The monoisotopic (exact) mass is 429 g/mol. The van der Waals surface area contributed by atoms with Crippen molar-refractivity contribution in [2.75, 3.05) is 39.4 Å². The second-order valence-corrected chi connectivity index (χ2v) is 9.96. The molecule has 8 nitrogen and oxygen atoms in total. The van der Waals surface area contributed by atoms with Crippen LogP contribution < -0.4 is 5.32 Å². The largest absolute Gasteiger partial charge is 0.379 e. The van der Waals surface area contributed by atoms with Gasteiger partial charge in [-0.3, -0.25) is 19.2 Å². The van der Waals surface area contributed by atoms with Crippen molar-refractivity contribution in [3.8, 4) is 0 Å². The Morgan fingerprint density at radius 3 is 2.71 bits per heavy atom. The SMILES string of the molecule is Cn1cc(CNC(=O)[C@@]23CC[C@H](N4CCOCC4)C[C@H]2CCN(C(=O)C2CC2)C3)cn1. The first kappa shape index (κ1) is 20.9. The van der Waals surface area contributed by atoms with Crippen LogP contribution in [0.15, 0.2) is 12.4 Å². The number of hydrogen-bond acceptors (Lipinski definition) is 5. The van der Waals surface area contributed by atoms with Gasteiger partial charge in [-0.2, -0.15) is 5.10 Å². The average molecular weight is 430 g/mol. The smallest absolute Gasteiger partial charge is 0.228 e. The lowest BCUT2D eigenvalue weighted by Crippen LogP contribution is -2.61. The Bertz CT molecular complexity index is 816. The Labute approximate surface area is 184 Å². The van der Waals surface area contributed by atoms with Crippen LogP contribution in [0.3, 0.4) is 0 Å². The van der Waals surface area contributed by atoms with E-state index in [1.165, 1.54) is 0 Å². The van der Waals surface area contributed by atoms with Crippen LogP contribution in [0, 0.1) is 17.3 Å². The van der Waals surface area contributed by atoms with Crippen LogP contribution >= 0.6 is 0 Å². The Morgan fingerprint density at radius 1 is 1.19 bits per heavy atom. The van der Waals surface area contributed by atoms with Crippen LogP contribution in [0.5, 0.6) is 0 Å². The first-order valence-electron chi connectivity index (χ1n) is 11.9. The molecule has 2 aliphatic carbocycles. The van der Waals surface area contributed by atoms with Crippen molar-refractivity contribution in [1.29, 1.82) is 0 Å². The zero-order valence-electron chi connectivity index (χ0n) is 18.6. The van der Waals surface area contributed by atoms with E-state index in [4.69, 9.17) is 4.74 Å². The zero-order valence-corrected chi connectivity index (χ0v) is 18.6. The molecule has 1 aromatic rings. The van der Waals surface area contributed by atoms with Crippen molar-refractivity contribution in [3.63, 3.8) is 0 Å². The number of ether oxygens (including phenoxy) is 1. The van der Waals surface area contributed by atoms with Gasteiger partial charge in [0.05, 0.1) is 24.8 Å². The molecule has 170 valence electrons. The van der Waals surface area contributed by atoms with Gasteiger partial charge in [0.15, 0.2) is 0 Å². The second-order valence-electron chi connectivity index (χ2n) is 9.96. The fraction of sp³-hybridized carbons (Fsp3) is 0.783. The Morgan fingerprint density at radius 2 is 2.00 bits per heavy atom. The minimum absolute atomic E-state index is 0.120. The van der Waals surface area contributed by atoms with Crippen molar-refractivity contribution >= 4 is 11.8 Å². The van der Waals surface area contributed by atoms with Crippen LogP contribution in [-0.4, -0.2) is 76.8 Å². The van der Waals surface area contributed by atoms with Gasteiger partial charge in [-0.15, -0.1) is 0 Å². The molecule has 2 amide bonds. The third kappa shape index (κ3) is 4.24. The number of carbonyl (C=O) groups excluding carboxylic acids is 2. The van der Waals surface area contributed by atoms with Crippen LogP contribution in [0.1, 0.15) is 44.1 Å². The lowest BCUT2D eigenvalue weighted by Gasteiger charge is -2.53. The highest BCUT2D eigenvalue weighted by molar-refractivity contribution is 5.86. The molecule has 1 aromatic heterocycles. The van der Waals surface area contributed by atoms with Crippen LogP contribution in [0.25, 0.3) is 0 Å². The number of nitrogens with one attached hydrogen (secondary N) is 1.